The Bertz CT molecular complexity index is 2410. The van der Waals surface area contributed by atoms with Gasteiger partial charge in [0.1, 0.15) is 17.5 Å². The Kier molecular flexibility index (Phi) is 7.55. The minimum absolute atomic E-state index is 0.0167. The summed E-state index contributed by atoms with van der Waals surface area (Å²) in [6.07, 6.45) is 2.87. The number of hydrogen-bond acceptors (Lipinski definition) is 6. The van der Waals surface area contributed by atoms with Gasteiger partial charge in [-0.25, -0.2) is 9.18 Å². The number of aromatic nitrogens is 4. The molecule has 2 aliphatic heterocycles. The van der Waals surface area contributed by atoms with E-state index < -0.39 is 23.3 Å². The number of nitrogens with zero attached hydrogens (tertiary/aromatic N) is 5. The van der Waals surface area contributed by atoms with Crippen molar-refractivity contribution in [3.63, 3.8) is 0 Å². The van der Waals surface area contributed by atoms with Crippen LogP contribution in [-0.2, 0) is 16.6 Å². The first kappa shape index (κ1) is 32.3. The van der Waals surface area contributed by atoms with Crippen LogP contribution in [0.15, 0.2) is 52.7 Å². The molecule has 2 N–H and O–H groups in total. The van der Waals surface area contributed by atoms with Crippen molar-refractivity contribution in [3.05, 3.63) is 91.6 Å². The van der Waals surface area contributed by atoms with Crippen molar-refractivity contribution >= 4 is 56.7 Å². The maximum Gasteiger partial charge on any atom is 0.326 e. The van der Waals surface area contributed by atoms with Gasteiger partial charge < -0.3 is 20.1 Å². The van der Waals surface area contributed by atoms with Crippen molar-refractivity contribution in [2.75, 3.05) is 23.3 Å². The molecule has 0 radical (unpaired) electrons. The van der Waals surface area contributed by atoms with Crippen molar-refractivity contribution in [2.45, 2.75) is 52.6 Å². The third kappa shape index (κ3) is 4.64. The van der Waals surface area contributed by atoms with E-state index in [2.05, 4.69) is 21.9 Å². The Balaban J connectivity index is 1.65. The van der Waals surface area contributed by atoms with Gasteiger partial charge in [-0.1, -0.05) is 38.1 Å². The van der Waals surface area contributed by atoms with Crippen LogP contribution in [0, 0.1) is 19.7 Å². The highest BCUT2D eigenvalue weighted by Crippen LogP contribution is 2.47. The first-order valence-electron chi connectivity index (χ1n) is 16.0. The molecule has 0 aliphatic carbocycles. The van der Waals surface area contributed by atoms with Crippen LogP contribution in [0.5, 0.6) is 0 Å². The molecular weight excluding hydrogens is 649 g/mol. The summed E-state index contributed by atoms with van der Waals surface area (Å²) in [6, 6.07) is 5.44. The summed E-state index contributed by atoms with van der Waals surface area (Å²) in [7, 11) is 1.60. The molecule has 0 saturated carbocycles. The molecule has 2 unspecified atom stereocenters. The summed E-state index contributed by atoms with van der Waals surface area (Å²) in [5.74, 6) is -1.58. The molecule has 49 heavy (non-hydrogen) atoms. The molecule has 7 rings (SSSR count). The normalized spacial score (nSPS) is 17.4. The number of aryl methyl sites for hydroxylation is 3. The number of carbonyl (C=O) groups excluding carboxylic acids is 2. The molecule has 252 valence electrons. The average Bonchev–Trinajstić information content (AvgIpc) is 3.34. The predicted molar refractivity (Wildman–Crippen MR) is 190 cm³/mol. The maximum absolute atomic E-state index is 16.9. The van der Waals surface area contributed by atoms with Crippen molar-refractivity contribution in [3.8, 4) is 16.8 Å². The minimum atomic E-state index is -0.857. The van der Waals surface area contributed by atoms with Crippen molar-refractivity contribution in [1.29, 1.82) is 0 Å². The van der Waals surface area contributed by atoms with E-state index in [9.17, 15) is 19.2 Å². The van der Waals surface area contributed by atoms with Gasteiger partial charge >= 0.3 is 5.69 Å². The second-order valence-electron chi connectivity index (χ2n) is 13.2. The maximum atomic E-state index is 16.9. The number of carbonyl (C=O) groups is 2. The van der Waals surface area contributed by atoms with Crippen LogP contribution in [0.25, 0.3) is 38.8 Å². The molecule has 5 heterocycles. The van der Waals surface area contributed by atoms with Crippen LogP contribution in [0.1, 0.15) is 43.5 Å². The number of nitrogens with one attached hydrogen (secondary N) is 2. The van der Waals surface area contributed by atoms with E-state index >= 15 is 4.39 Å². The number of fused-ring (bicyclic) bond motifs is 6. The van der Waals surface area contributed by atoms with E-state index in [1.807, 2.05) is 27.7 Å². The second kappa shape index (κ2) is 11.4. The Morgan fingerprint density at radius 3 is 2.51 bits per heavy atom. The first-order chi connectivity index (χ1) is 23.3. The summed E-state index contributed by atoms with van der Waals surface area (Å²) < 4.78 is 19.8. The molecule has 5 aromatic rings. The Morgan fingerprint density at radius 2 is 1.82 bits per heavy atom. The number of amides is 2. The highest BCUT2D eigenvalue weighted by Gasteiger charge is 2.44. The van der Waals surface area contributed by atoms with E-state index in [1.54, 1.807) is 48.2 Å². The van der Waals surface area contributed by atoms with Crippen LogP contribution in [-0.4, -0.2) is 61.0 Å². The number of hydrogen-bond donors (Lipinski definition) is 2. The molecule has 13 heteroatoms. The fourth-order valence-electron chi connectivity index (χ4n) is 7.43. The van der Waals surface area contributed by atoms with Crippen LogP contribution in [0.4, 0.5) is 15.8 Å². The van der Waals surface area contributed by atoms with Gasteiger partial charge in [-0.3, -0.25) is 28.5 Å². The zero-order chi connectivity index (χ0) is 35.2. The third-order valence-corrected chi connectivity index (χ3v) is 10.2. The highest BCUT2D eigenvalue weighted by atomic mass is 35.5. The molecule has 3 aromatic heterocycles. The van der Waals surface area contributed by atoms with Crippen molar-refractivity contribution in [1.82, 2.24) is 24.0 Å². The molecule has 0 spiro atoms. The molecule has 2 aliphatic rings. The lowest BCUT2D eigenvalue weighted by molar-refractivity contribution is -0.130. The average molecular weight is 684 g/mol. The number of pyridine rings is 2. The van der Waals surface area contributed by atoms with E-state index in [1.165, 1.54) is 21.3 Å². The summed E-state index contributed by atoms with van der Waals surface area (Å²) >= 11 is 7.40. The van der Waals surface area contributed by atoms with Gasteiger partial charge in [0.05, 0.1) is 45.2 Å². The van der Waals surface area contributed by atoms with E-state index in [-0.39, 0.29) is 58.4 Å². The number of rotatable bonds is 4. The topological polar surface area (TPSA) is 125 Å². The quantitative estimate of drug-likeness (QED) is 0.248. The summed E-state index contributed by atoms with van der Waals surface area (Å²) in [5.41, 5.74) is 3.47. The fourth-order valence-corrected chi connectivity index (χ4v) is 7.80. The number of benzene rings is 2. The Labute approximate surface area is 285 Å². The van der Waals surface area contributed by atoms with Gasteiger partial charge in [0.25, 0.3) is 5.56 Å². The van der Waals surface area contributed by atoms with E-state index in [0.29, 0.717) is 44.6 Å². The van der Waals surface area contributed by atoms with Crippen molar-refractivity contribution in [2.24, 2.45) is 7.05 Å². The van der Waals surface area contributed by atoms with Crippen LogP contribution < -0.4 is 21.5 Å². The number of halogens is 2. The van der Waals surface area contributed by atoms with E-state index in [4.69, 9.17) is 11.6 Å². The zero-order valence-corrected chi connectivity index (χ0v) is 28.7. The molecule has 1 fully saturated rings. The third-order valence-electron chi connectivity index (χ3n) is 9.80. The predicted octanol–water partition coefficient (Wildman–Crippen LogP) is 5.31. The van der Waals surface area contributed by atoms with Gasteiger partial charge in [0.15, 0.2) is 0 Å². The first-order valence-corrected chi connectivity index (χ1v) is 16.4. The molecule has 0 bridgehead atoms. The van der Waals surface area contributed by atoms with Gasteiger partial charge in [-0.05, 0) is 62.1 Å². The molecule has 1 saturated heterocycles. The largest absolute Gasteiger partial charge is 0.354 e. The molecule has 2 amide bonds. The van der Waals surface area contributed by atoms with Crippen LogP contribution in [0.3, 0.4) is 0 Å². The number of piperazine rings is 1. The van der Waals surface area contributed by atoms with Gasteiger partial charge in [0.2, 0.25) is 11.8 Å². The van der Waals surface area contributed by atoms with Gasteiger partial charge in [-0.15, -0.1) is 0 Å². The lowest BCUT2D eigenvalue weighted by atomic mass is 9.94. The Morgan fingerprint density at radius 1 is 1.08 bits per heavy atom. The highest BCUT2D eigenvalue weighted by molar-refractivity contribution is 6.39. The molecule has 2 atom stereocenters. The lowest BCUT2D eigenvalue weighted by Gasteiger charge is -2.48. The smallest absolute Gasteiger partial charge is 0.326 e. The number of H-pyrrole nitrogens is 1. The van der Waals surface area contributed by atoms with Gasteiger partial charge in [0, 0.05) is 42.3 Å². The Hall–Kier alpha value is -5.23. The lowest BCUT2D eigenvalue weighted by Crippen LogP contribution is -2.64. The summed E-state index contributed by atoms with van der Waals surface area (Å²) in [6.45, 7) is 13.2. The fraction of sp³-hybridized carbons (Fsp3) is 0.306. The SMILES string of the molecule is C=CC(=O)N1CC2C(=O)Nc3c(c4cc(F)c(-c5c(C)ccc6[nH]c(=O)n(C)c56)c(Cl)c4n(-c4c(C)ccnc4C(C)C)c3=O)N2CC1C. The monoisotopic (exact) mass is 683 g/mol. The minimum Gasteiger partial charge on any atom is -0.354 e. The van der Waals surface area contributed by atoms with Crippen molar-refractivity contribution < 1.29 is 14.0 Å². The number of aromatic amines is 1. The zero-order valence-electron chi connectivity index (χ0n) is 27.9. The number of imidazole rings is 1. The summed E-state index contributed by atoms with van der Waals surface area (Å²) in [4.78, 5) is 64.8. The second-order valence-corrected chi connectivity index (χ2v) is 13.5. The molecule has 2 aromatic carbocycles. The van der Waals surface area contributed by atoms with E-state index in [0.717, 1.165) is 5.56 Å². The molecule has 11 nitrogen and oxygen atoms in total. The summed E-state index contributed by atoms with van der Waals surface area (Å²) in [5, 5.41) is 3.07. The van der Waals surface area contributed by atoms with Crippen LogP contribution in [0.2, 0.25) is 5.02 Å². The van der Waals surface area contributed by atoms with Gasteiger partial charge in [-0.2, -0.15) is 0 Å². The number of anilines is 2. The standard InChI is InChI=1S/C36H35ClFN7O4/c1-8-24(46)43-15-23-34(47)41-29-32(44(23)14-19(43)6)20-13-21(38)26(25-17(4)9-10-22-33(25)42(7)36(49)40-22)27(37)31(20)45(35(29)48)30-18(5)11-12-39-28(30)16(2)3/h8-13,16,19,23H,1,14-15H2,2-7H3,(H,40,49)(H,41,47). The molecular formula is C36H35ClFN7O4. The van der Waals surface area contributed by atoms with Crippen LogP contribution >= 0.6 is 11.6 Å².